The maximum atomic E-state index is 6.70. The lowest BCUT2D eigenvalue weighted by molar-refractivity contribution is -0.152. The fourth-order valence-corrected chi connectivity index (χ4v) is 4.87. The van der Waals surface area contributed by atoms with Crippen molar-refractivity contribution in [1.29, 1.82) is 0 Å². The molecular formula is C24H29N3O. The van der Waals surface area contributed by atoms with E-state index < -0.39 is 0 Å². The number of hydrogen-bond acceptors (Lipinski definition) is 4. The topological polar surface area (TPSA) is 28.1 Å². The van der Waals surface area contributed by atoms with Crippen LogP contribution in [0.4, 0.5) is 0 Å². The molecule has 0 radical (unpaired) electrons. The Balaban J connectivity index is 1.53. The van der Waals surface area contributed by atoms with E-state index in [-0.39, 0.29) is 11.8 Å². The Hall–Kier alpha value is -2.33. The second-order valence-electron chi connectivity index (χ2n) is 8.69. The van der Waals surface area contributed by atoms with E-state index >= 15 is 0 Å². The third-order valence-corrected chi connectivity index (χ3v) is 6.60. The monoisotopic (exact) mass is 375 g/mol. The molecule has 1 saturated heterocycles. The van der Waals surface area contributed by atoms with Crippen molar-refractivity contribution in [1.82, 2.24) is 9.91 Å². The molecule has 146 valence electrons. The Morgan fingerprint density at radius 3 is 2.46 bits per heavy atom. The second kappa shape index (κ2) is 6.63. The number of hydrazone groups is 1. The SMILES string of the molecule is Cc1ccc(C2=NN3C(C2)c2ccccc2OC32CCN(C(C)C)CC2)cc1. The molecule has 0 aliphatic carbocycles. The van der Waals surface area contributed by atoms with E-state index in [9.17, 15) is 0 Å². The smallest absolute Gasteiger partial charge is 0.200 e. The second-order valence-corrected chi connectivity index (χ2v) is 8.69. The average Bonchev–Trinajstić information content (AvgIpc) is 3.16. The molecule has 0 amide bonds. The molecule has 0 saturated carbocycles. The van der Waals surface area contributed by atoms with Gasteiger partial charge in [-0.15, -0.1) is 0 Å². The standard InChI is InChI=1S/C24H29N3O/c1-17(2)26-14-12-24(13-15-26)27-22(20-6-4-5-7-23(20)28-24)16-21(25-27)19-10-8-18(3)9-11-19/h4-11,17,22H,12-16H2,1-3H3. The van der Waals surface area contributed by atoms with Crippen LogP contribution in [0.25, 0.3) is 0 Å². The van der Waals surface area contributed by atoms with Crippen LogP contribution in [0.2, 0.25) is 0 Å². The molecule has 5 rings (SSSR count). The third kappa shape index (κ3) is 2.82. The zero-order valence-corrected chi connectivity index (χ0v) is 17.1. The number of piperidine rings is 1. The first kappa shape index (κ1) is 17.7. The van der Waals surface area contributed by atoms with Crippen LogP contribution in [0, 0.1) is 6.92 Å². The van der Waals surface area contributed by atoms with E-state index in [0.717, 1.165) is 38.1 Å². The van der Waals surface area contributed by atoms with Gasteiger partial charge in [0.1, 0.15) is 5.75 Å². The van der Waals surface area contributed by atoms with Gasteiger partial charge in [-0.05, 0) is 32.4 Å². The number of rotatable bonds is 2. The molecule has 0 aromatic heterocycles. The fourth-order valence-electron chi connectivity index (χ4n) is 4.87. The first-order valence-corrected chi connectivity index (χ1v) is 10.5. The zero-order valence-electron chi connectivity index (χ0n) is 17.1. The van der Waals surface area contributed by atoms with Crippen molar-refractivity contribution in [2.75, 3.05) is 13.1 Å². The Labute approximate surface area is 167 Å². The summed E-state index contributed by atoms with van der Waals surface area (Å²) in [5.41, 5.74) is 4.64. The number of hydrogen-bond donors (Lipinski definition) is 0. The van der Waals surface area contributed by atoms with Crippen molar-refractivity contribution in [2.24, 2.45) is 5.10 Å². The maximum absolute atomic E-state index is 6.70. The molecule has 4 heteroatoms. The minimum Gasteiger partial charge on any atom is -0.466 e. The van der Waals surface area contributed by atoms with Crippen molar-refractivity contribution in [3.05, 3.63) is 65.2 Å². The van der Waals surface area contributed by atoms with Crippen LogP contribution in [0.3, 0.4) is 0 Å². The summed E-state index contributed by atoms with van der Waals surface area (Å²) >= 11 is 0. The lowest BCUT2D eigenvalue weighted by Crippen LogP contribution is -2.59. The molecule has 4 nitrogen and oxygen atoms in total. The molecule has 1 unspecified atom stereocenters. The van der Waals surface area contributed by atoms with Crippen LogP contribution in [0.5, 0.6) is 5.75 Å². The van der Waals surface area contributed by atoms with Gasteiger partial charge in [-0.2, -0.15) is 5.10 Å². The Morgan fingerprint density at radius 2 is 1.75 bits per heavy atom. The van der Waals surface area contributed by atoms with Gasteiger partial charge in [0.25, 0.3) is 0 Å². The number of fused-ring (bicyclic) bond motifs is 4. The molecule has 0 N–H and O–H groups in total. The summed E-state index contributed by atoms with van der Waals surface area (Å²) in [5, 5.41) is 7.47. The summed E-state index contributed by atoms with van der Waals surface area (Å²) in [6.45, 7) is 8.80. The molecule has 3 aliphatic rings. The fraction of sp³-hybridized carbons (Fsp3) is 0.458. The van der Waals surface area contributed by atoms with Gasteiger partial charge in [0, 0.05) is 44.0 Å². The van der Waals surface area contributed by atoms with E-state index in [1.165, 1.54) is 22.4 Å². The van der Waals surface area contributed by atoms with E-state index in [1.54, 1.807) is 0 Å². The van der Waals surface area contributed by atoms with Crippen LogP contribution >= 0.6 is 0 Å². The van der Waals surface area contributed by atoms with Gasteiger partial charge in [-0.1, -0.05) is 48.0 Å². The van der Waals surface area contributed by atoms with Crippen LogP contribution in [0.15, 0.2) is 53.6 Å². The van der Waals surface area contributed by atoms with Crippen LogP contribution in [0.1, 0.15) is 55.8 Å². The normalized spacial score (nSPS) is 23.4. The van der Waals surface area contributed by atoms with Crippen LogP contribution in [-0.2, 0) is 0 Å². The highest BCUT2D eigenvalue weighted by Gasteiger charge is 2.51. The summed E-state index contributed by atoms with van der Waals surface area (Å²) in [7, 11) is 0. The van der Waals surface area contributed by atoms with Crippen molar-refractivity contribution in [3.8, 4) is 5.75 Å². The number of likely N-dealkylation sites (tertiary alicyclic amines) is 1. The highest BCUT2D eigenvalue weighted by molar-refractivity contribution is 6.02. The average molecular weight is 376 g/mol. The number of benzene rings is 2. The molecule has 1 fully saturated rings. The van der Waals surface area contributed by atoms with Crippen molar-refractivity contribution < 1.29 is 4.74 Å². The lowest BCUT2D eigenvalue weighted by atomic mass is 9.90. The van der Waals surface area contributed by atoms with E-state index in [4.69, 9.17) is 9.84 Å². The van der Waals surface area contributed by atoms with Crippen molar-refractivity contribution in [2.45, 2.75) is 57.8 Å². The number of ether oxygens (including phenoxy) is 1. The summed E-state index contributed by atoms with van der Waals surface area (Å²) in [5.74, 6) is 1.04. The molecule has 3 heterocycles. The summed E-state index contributed by atoms with van der Waals surface area (Å²) < 4.78 is 6.70. The van der Waals surface area contributed by atoms with Crippen molar-refractivity contribution >= 4 is 5.71 Å². The predicted octanol–water partition coefficient (Wildman–Crippen LogP) is 4.74. The molecule has 2 aromatic carbocycles. The highest BCUT2D eigenvalue weighted by Crippen LogP contribution is 2.49. The molecule has 1 spiro atoms. The quantitative estimate of drug-likeness (QED) is 0.759. The minimum absolute atomic E-state index is 0.270. The molecule has 1 atom stereocenters. The Morgan fingerprint density at radius 1 is 1.04 bits per heavy atom. The molecule has 0 bridgehead atoms. The molecule has 3 aliphatic heterocycles. The van der Waals surface area contributed by atoms with E-state index in [1.807, 2.05) is 0 Å². The van der Waals surface area contributed by atoms with Crippen LogP contribution < -0.4 is 4.74 Å². The van der Waals surface area contributed by atoms with Gasteiger partial charge in [0.2, 0.25) is 5.72 Å². The Bertz CT molecular complexity index is 894. The molecule has 2 aromatic rings. The van der Waals surface area contributed by atoms with Crippen LogP contribution in [-0.4, -0.2) is 40.5 Å². The summed E-state index contributed by atoms with van der Waals surface area (Å²) in [4.78, 5) is 2.55. The number of aryl methyl sites for hydroxylation is 1. The zero-order chi connectivity index (χ0) is 19.3. The highest BCUT2D eigenvalue weighted by atomic mass is 16.5. The largest absolute Gasteiger partial charge is 0.466 e. The maximum Gasteiger partial charge on any atom is 0.200 e. The first-order chi connectivity index (χ1) is 13.6. The van der Waals surface area contributed by atoms with E-state index in [0.29, 0.717) is 6.04 Å². The lowest BCUT2D eigenvalue weighted by Gasteiger charge is -2.51. The first-order valence-electron chi connectivity index (χ1n) is 10.5. The molecule has 28 heavy (non-hydrogen) atoms. The molecular weight excluding hydrogens is 346 g/mol. The van der Waals surface area contributed by atoms with Gasteiger partial charge in [0.15, 0.2) is 0 Å². The third-order valence-electron chi connectivity index (χ3n) is 6.60. The number of nitrogens with zero attached hydrogens (tertiary/aromatic N) is 3. The number of para-hydroxylation sites is 1. The Kier molecular flexibility index (Phi) is 4.20. The van der Waals surface area contributed by atoms with Gasteiger partial charge >= 0.3 is 0 Å². The van der Waals surface area contributed by atoms with Gasteiger partial charge < -0.3 is 9.64 Å². The minimum atomic E-state index is -0.323. The summed E-state index contributed by atoms with van der Waals surface area (Å²) in [6.07, 6.45) is 2.92. The summed E-state index contributed by atoms with van der Waals surface area (Å²) in [6, 6.07) is 18.1. The van der Waals surface area contributed by atoms with Gasteiger partial charge in [-0.25, -0.2) is 5.01 Å². The van der Waals surface area contributed by atoms with E-state index in [2.05, 4.69) is 79.2 Å². The van der Waals surface area contributed by atoms with Gasteiger partial charge in [0.05, 0.1) is 11.8 Å². The van der Waals surface area contributed by atoms with Crippen molar-refractivity contribution in [3.63, 3.8) is 0 Å². The predicted molar refractivity (Wildman–Crippen MR) is 113 cm³/mol. The van der Waals surface area contributed by atoms with Gasteiger partial charge in [-0.3, -0.25) is 0 Å².